The van der Waals surface area contributed by atoms with Crippen molar-refractivity contribution in [3.05, 3.63) is 0 Å². The summed E-state index contributed by atoms with van der Waals surface area (Å²) in [6.45, 7) is -2.87. The van der Waals surface area contributed by atoms with Crippen molar-refractivity contribution in [2.45, 2.75) is 92.0 Å². The Kier molecular flexibility index (Phi) is 15.4. The van der Waals surface area contributed by atoms with Crippen molar-refractivity contribution in [1.82, 2.24) is 4.72 Å². The fourth-order valence-corrected chi connectivity index (χ4v) is 7.36. The minimum atomic E-state index is -5.82. The highest BCUT2D eigenvalue weighted by Crippen LogP contribution is 2.35. The number of carboxylic acid groups (broad SMARTS) is 1. The Morgan fingerprint density at radius 3 is 1.56 bits per heavy atom. The minimum absolute atomic E-state index is 1.28. The molecule has 37 heteroatoms. The van der Waals surface area contributed by atoms with Crippen LogP contribution in [0.2, 0.25) is 0 Å². The Morgan fingerprint density at radius 1 is 0.600 bits per heavy atom. The lowest BCUT2D eigenvalue weighted by atomic mass is 9.95. The number of aliphatic carboxylic acids is 1. The molecule has 0 aliphatic carbocycles. The van der Waals surface area contributed by atoms with Crippen LogP contribution in [0.5, 0.6) is 0 Å². The number of carbonyl (C=O) groups is 1. The molecule has 0 aromatic heterocycles. The highest BCUT2D eigenvalue weighted by Gasteiger charge is 2.57. The lowest BCUT2D eigenvalue weighted by Gasteiger charge is -2.48. The summed E-state index contributed by atoms with van der Waals surface area (Å²) in [5.41, 5.74) is 5.81. The molecule has 3 rings (SSSR count). The lowest BCUT2D eigenvalue weighted by molar-refractivity contribution is -0.356. The van der Waals surface area contributed by atoms with Gasteiger partial charge in [-0.15, -0.1) is 0 Å². The first-order chi connectivity index (χ1) is 24.8. The van der Waals surface area contributed by atoms with E-state index in [1.54, 1.807) is 0 Å². The molecule has 32 nitrogen and oxygen atoms in total. The molecule has 3 fully saturated rings. The summed E-state index contributed by atoms with van der Waals surface area (Å²) in [5, 5.41) is 52.7. The standard InChI is InChI=1S/C18H32N2O30S5/c19-5-11(49-54(36,37)38)7(21)3(1-42-52(30,31)32)45-17(5)47-12-9(23)13(50-55(39,40)41)18(48-14(12)15(24)25)46-10-4(2-43-53(33,34)35)44-16(26)6(8(10)22)20-51(27,28)29/h3-14,16-18,20-23,26H,1-2,19H2,(H,24,25)(H,27,28,29)(H,30,31,32)(H,33,34,35)(H,36,37,38)(H,39,40,41)/t3-,4-,5-,6-,7-,8-,9+,10-,11-,12+,13-,14-,16?,17-,18-/m1/s1. The van der Waals surface area contributed by atoms with Gasteiger partial charge in [0, 0.05) is 0 Å². The summed E-state index contributed by atoms with van der Waals surface area (Å²) in [6.07, 6.45) is -33.0. The van der Waals surface area contributed by atoms with Crippen LogP contribution >= 0.6 is 0 Å². The van der Waals surface area contributed by atoms with Crippen LogP contribution in [0.1, 0.15) is 0 Å². The topological polar surface area (TPSA) is 511 Å². The van der Waals surface area contributed by atoms with Gasteiger partial charge in [0.25, 0.3) is 0 Å². The van der Waals surface area contributed by atoms with Crippen LogP contribution in [-0.4, -0.2) is 202 Å². The van der Waals surface area contributed by atoms with Gasteiger partial charge in [0.15, 0.2) is 31.1 Å². The molecule has 0 saturated carbocycles. The van der Waals surface area contributed by atoms with Crippen molar-refractivity contribution in [1.29, 1.82) is 0 Å². The van der Waals surface area contributed by atoms with Gasteiger partial charge in [0.2, 0.25) is 0 Å². The molecule has 3 saturated heterocycles. The summed E-state index contributed by atoms with van der Waals surface area (Å²) in [4.78, 5) is 12.4. The molecule has 0 aromatic carbocycles. The second-order valence-electron chi connectivity index (χ2n) is 11.1. The number of hydrogen-bond donors (Lipinski definition) is 12. The molecule has 55 heavy (non-hydrogen) atoms. The first kappa shape index (κ1) is 47.8. The molecule has 0 bridgehead atoms. The highest BCUT2D eigenvalue weighted by molar-refractivity contribution is 7.83. The molecule has 3 heterocycles. The molecule has 0 aromatic rings. The van der Waals surface area contributed by atoms with Gasteiger partial charge in [-0.05, 0) is 0 Å². The Hall–Kier alpha value is -1.58. The van der Waals surface area contributed by atoms with Crippen LogP contribution in [0.15, 0.2) is 0 Å². The molecule has 0 amide bonds. The van der Waals surface area contributed by atoms with E-state index < -0.39 is 163 Å². The number of hydrogen-bond acceptors (Lipinski definition) is 25. The maximum Gasteiger partial charge on any atom is 0.397 e. The number of aliphatic hydroxyl groups is 4. The van der Waals surface area contributed by atoms with Gasteiger partial charge in [-0.3, -0.25) is 22.8 Å². The predicted molar refractivity (Wildman–Crippen MR) is 158 cm³/mol. The van der Waals surface area contributed by atoms with E-state index in [0.29, 0.717) is 0 Å². The van der Waals surface area contributed by atoms with Gasteiger partial charge in [0.05, 0.1) is 19.3 Å². The zero-order valence-corrected chi connectivity index (χ0v) is 30.4. The van der Waals surface area contributed by atoms with Crippen molar-refractivity contribution >= 4 is 57.9 Å². The number of aliphatic hydroxyl groups excluding tert-OH is 4. The Balaban J connectivity index is 2.05. The molecular formula is C18H32N2O30S5. The average molecular weight is 917 g/mol. The smallest absolute Gasteiger partial charge is 0.397 e. The van der Waals surface area contributed by atoms with E-state index in [2.05, 4.69) is 16.7 Å². The zero-order chi connectivity index (χ0) is 42.2. The fraction of sp³-hybridized carbons (Fsp3) is 0.944. The Labute approximate surface area is 308 Å². The monoisotopic (exact) mass is 916 g/mol. The van der Waals surface area contributed by atoms with E-state index in [4.69, 9.17) is 47.6 Å². The van der Waals surface area contributed by atoms with E-state index in [9.17, 15) is 77.0 Å². The lowest BCUT2D eigenvalue weighted by Crippen LogP contribution is -2.69. The van der Waals surface area contributed by atoms with Crippen molar-refractivity contribution in [3.8, 4) is 0 Å². The molecule has 0 spiro atoms. The normalized spacial score (nSPS) is 38.4. The Morgan fingerprint density at radius 2 is 1.09 bits per heavy atom. The van der Waals surface area contributed by atoms with Gasteiger partial charge in [0.1, 0.15) is 54.9 Å². The molecule has 324 valence electrons. The average Bonchev–Trinajstić information content (AvgIpc) is 2.98. The van der Waals surface area contributed by atoms with Crippen LogP contribution in [0.4, 0.5) is 0 Å². The fourth-order valence-electron chi connectivity index (χ4n) is 5.14. The Bertz CT molecular complexity index is 1910. The third-order valence-electron chi connectivity index (χ3n) is 7.27. The zero-order valence-electron chi connectivity index (χ0n) is 26.3. The molecular weight excluding hydrogens is 885 g/mol. The van der Waals surface area contributed by atoms with E-state index >= 15 is 0 Å². The quantitative estimate of drug-likeness (QED) is 0.0603. The van der Waals surface area contributed by atoms with E-state index in [0.717, 1.165) is 0 Å². The van der Waals surface area contributed by atoms with Crippen molar-refractivity contribution in [2.24, 2.45) is 5.73 Å². The van der Waals surface area contributed by atoms with Gasteiger partial charge in [-0.1, -0.05) is 0 Å². The largest absolute Gasteiger partial charge is 0.479 e. The first-order valence-electron chi connectivity index (χ1n) is 14.0. The first-order valence-corrected chi connectivity index (χ1v) is 20.9. The summed E-state index contributed by atoms with van der Waals surface area (Å²) in [6, 6.07) is -4.59. The highest BCUT2D eigenvalue weighted by atomic mass is 32.3. The van der Waals surface area contributed by atoms with Crippen LogP contribution in [0, 0.1) is 0 Å². The molecule has 1 unspecified atom stereocenters. The third-order valence-corrected chi connectivity index (χ3v) is 9.64. The summed E-state index contributed by atoms with van der Waals surface area (Å²) >= 11 is 0. The second-order valence-corrected chi connectivity index (χ2v) is 16.6. The van der Waals surface area contributed by atoms with E-state index in [1.165, 1.54) is 4.72 Å². The van der Waals surface area contributed by atoms with Crippen LogP contribution < -0.4 is 10.5 Å². The van der Waals surface area contributed by atoms with E-state index in [-0.39, 0.29) is 0 Å². The SMILES string of the molecule is N[C@H]1[C@@H](O[C@H]2[C@H](O)[C@@H](OS(=O)(=O)O)[C@H](O[C@H]3[C@H](O)[C@@H](NS(=O)(=O)O)C(O)O[C@@H]3COS(=O)(=O)O)O[C@H]2C(=O)O)O[C@H](COS(=O)(=O)O)[C@@H](O)[C@@H]1OS(=O)(=O)O. The maximum absolute atomic E-state index is 12.4. The summed E-state index contributed by atoms with van der Waals surface area (Å²) in [5.74, 6) is -2.20. The molecule has 15 atom stereocenters. The van der Waals surface area contributed by atoms with Gasteiger partial charge in [-0.25, -0.2) is 21.5 Å². The van der Waals surface area contributed by atoms with E-state index in [1.807, 2.05) is 0 Å². The van der Waals surface area contributed by atoms with Gasteiger partial charge in [-0.2, -0.15) is 46.8 Å². The molecule has 13 N–H and O–H groups in total. The third kappa shape index (κ3) is 14.0. The van der Waals surface area contributed by atoms with Gasteiger partial charge >= 0.3 is 57.9 Å². The number of rotatable bonds is 17. The summed E-state index contributed by atoms with van der Waals surface area (Å²) < 4.78 is 203. The molecule has 0 radical (unpaired) electrons. The van der Waals surface area contributed by atoms with Crippen LogP contribution in [0.25, 0.3) is 0 Å². The van der Waals surface area contributed by atoms with Crippen molar-refractivity contribution in [3.63, 3.8) is 0 Å². The number of carboxylic acids is 1. The number of nitrogens with two attached hydrogens (primary N) is 1. The van der Waals surface area contributed by atoms with Crippen LogP contribution in [-0.2, 0) is 97.1 Å². The molecule has 3 aliphatic rings. The molecule has 3 aliphatic heterocycles. The number of ether oxygens (including phenoxy) is 5. The van der Waals surface area contributed by atoms with Gasteiger partial charge < -0.3 is 55.0 Å². The minimum Gasteiger partial charge on any atom is -0.479 e. The predicted octanol–water partition coefficient (Wildman–Crippen LogP) is -8.81. The second kappa shape index (κ2) is 17.7. The van der Waals surface area contributed by atoms with Crippen LogP contribution in [0.3, 0.4) is 0 Å². The van der Waals surface area contributed by atoms with Crippen molar-refractivity contribution < 1.29 is 136 Å². The summed E-state index contributed by atoms with van der Waals surface area (Å²) in [7, 11) is -27.4. The van der Waals surface area contributed by atoms with Crippen molar-refractivity contribution in [2.75, 3.05) is 13.2 Å². The maximum atomic E-state index is 12.4. The number of nitrogens with one attached hydrogen (secondary N) is 1.